The molecule has 13 heteroatoms. The van der Waals surface area contributed by atoms with E-state index in [1.165, 1.54) is 17.0 Å². The van der Waals surface area contributed by atoms with Crippen LogP contribution in [0, 0.1) is 11.7 Å². The Kier molecular flexibility index (Phi) is 7.71. The van der Waals surface area contributed by atoms with Crippen molar-refractivity contribution in [3.63, 3.8) is 0 Å². The van der Waals surface area contributed by atoms with Gasteiger partial charge in [-0.3, -0.25) is 9.59 Å². The second-order valence-corrected chi connectivity index (χ2v) is 13.5. The maximum Gasteiger partial charge on any atom is 0.417 e. The van der Waals surface area contributed by atoms with Gasteiger partial charge in [0, 0.05) is 36.7 Å². The summed E-state index contributed by atoms with van der Waals surface area (Å²) in [4.78, 5) is 34.9. The number of imidazole rings is 1. The lowest BCUT2D eigenvalue weighted by atomic mass is 9.69. The molecule has 2 aromatic heterocycles. The molecular weight excluding hydrogens is 594 g/mol. The van der Waals surface area contributed by atoms with Gasteiger partial charge in [0.05, 0.1) is 29.6 Å². The van der Waals surface area contributed by atoms with Crippen molar-refractivity contribution < 1.29 is 37.0 Å². The van der Waals surface area contributed by atoms with Crippen LogP contribution < -0.4 is 0 Å². The average Bonchev–Trinajstić information content (AvgIpc) is 3.37. The summed E-state index contributed by atoms with van der Waals surface area (Å²) in [6, 6.07) is 8.00. The molecule has 4 heterocycles. The number of ether oxygens (including phenoxy) is 1. The van der Waals surface area contributed by atoms with Crippen LogP contribution in [0.3, 0.4) is 0 Å². The number of nitrogens with zero attached hydrogens (tertiary/aromatic N) is 5. The highest BCUT2D eigenvalue weighted by atomic mass is 19.4. The number of piperazine rings is 1. The van der Waals surface area contributed by atoms with Gasteiger partial charge in [-0.15, -0.1) is 0 Å². The molecule has 3 aliphatic rings. The van der Waals surface area contributed by atoms with E-state index in [9.17, 15) is 32.3 Å². The van der Waals surface area contributed by atoms with Crippen LogP contribution in [0.15, 0.2) is 36.5 Å². The fourth-order valence-corrected chi connectivity index (χ4v) is 7.10. The van der Waals surface area contributed by atoms with Gasteiger partial charge in [-0.05, 0) is 89.6 Å². The number of aromatic nitrogens is 3. The van der Waals surface area contributed by atoms with E-state index in [4.69, 9.17) is 14.8 Å². The van der Waals surface area contributed by atoms with Gasteiger partial charge in [-0.2, -0.15) is 18.3 Å². The third kappa shape index (κ3) is 5.80. The number of carbonyl (C=O) groups is 2. The molecule has 2 unspecified atom stereocenters. The van der Waals surface area contributed by atoms with Crippen molar-refractivity contribution in [2.24, 2.45) is 5.92 Å². The maximum absolute atomic E-state index is 13.9. The van der Waals surface area contributed by atoms with Crippen molar-refractivity contribution in [2.45, 2.75) is 88.8 Å². The van der Waals surface area contributed by atoms with E-state index in [0.717, 1.165) is 24.0 Å². The Morgan fingerprint density at radius 1 is 1.04 bits per heavy atom. The van der Waals surface area contributed by atoms with Crippen LogP contribution in [0.2, 0.25) is 0 Å². The van der Waals surface area contributed by atoms with Gasteiger partial charge in [0.15, 0.2) is 11.2 Å². The first-order valence-electron chi connectivity index (χ1n) is 15.3. The third-order valence-corrected chi connectivity index (χ3v) is 9.45. The van der Waals surface area contributed by atoms with Crippen molar-refractivity contribution >= 4 is 17.5 Å². The van der Waals surface area contributed by atoms with E-state index in [1.807, 2.05) is 19.9 Å². The van der Waals surface area contributed by atoms with E-state index < -0.39 is 42.0 Å². The highest BCUT2D eigenvalue weighted by Gasteiger charge is 2.63. The second-order valence-electron chi connectivity index (χ2n) is 13.5. The normalized spacial score (nSPS) is 28.6. The molecule has 242 valence electrons. The smallest absolute Gasteiger partial charge is 0.380 e. The molecule has 2 saturated heterocycles. The Morgan fingerprint density at radius 2 is 1.69 bits per heavy atom. The Hall–Kier alpha value is -3.58. The summed E-state index contributed by atoms with van der Waals surface area (Å²) in [5.41, 5.74) is -0.697. The molecule has 1 N–H and O–H groups in total. The Bertz CT molecular complexity index is 1610. The molecule has 2 atom stereocenters. The minimum atomic E-state index is -4.78. The molecular formula is C32H37F4N5O4. The summed E-state index contributed by atoms with van der Waals surface area (Å²) < 4.78 is 60.5. The molecule has 1 aromatic carbocycles. The number of amides is 2. The van der Waals surface area contributed by atoms with Crippen molar-refractivity contribution in [1.29, 1.82) is 0 Å². The molecule has 1 saturated carbocycles. The van der Waals surface area contributed by atoms with Crippen LogP contribution in [0.5, 0.6) is 0 Å². The summed E-state index contributed by atoms with van der Waals surface area (Å²) >= 11 is 0. The molecule has 3 fully saturated rings. The third-order valence-electron chi connectivity index (χ3n) is 9.45. The molecule has 1 aliphatic carbocycles. The number of hydrogen-bond acceptors (Lipinski definition) is 6. The van der Waals surface area contributed by atoms with E-state index in [0.29, 0.717) is 11.3 Å². The van der Waals surface area contributed by atoms with Crippen molar-refractivity contribution in [3.05, 3.63) is 53.6 Å². The Balaban J connectivity index is 1.26. The van der Waals surface area contributed by atoms with Crippen LogP contribution >= 0.6 is 0 Å². The van der Waals surface area contributed by atoms with E-state index in [2.05, 4.69) is 0 Å². The van der Waals surface area contributed by atoms with E-state index in [-0.39, 0.29) is 55.2 Å². The summed E-state index contributed by atoms with van der Waals surface area (Å²) in [5, 5.41) is 14.5. The predicted molar refractivity (Wildman–Crippen MR) is 156 cm³/mol. The molecule has 2 amide bonds. The molecule has 0 radical (unpaired) electrons. The first-order chi connectivity index (χ1) is 21.0. The standard InChI is InChI=1S/C32H37F4N5O4/c1-18-11-21(12-19(2)45-18)24-13-25(20-5-7-23(33)8-6-20)38-41-16-26(37-27(24)41)29(43)40-10-9-39(17-30(40,3)4)28(42)22-14-31(44,15-22)32(34,35)36/h5-8,13,16,18-19,21-22,44H,9-12,14-15,17H2,1-4H3. The number of rotatable bonds is 4. The topological polar surface area (TPSA) is 100 Å². The van der Waals surface area contributed by atoms with Gasteiger partial charge in [-0.1, -0.05) is 0 Å². The summed E-state index contributed by atoms with van der Waals surface area (Å²) in [7, 11) is 0. The van der Waals surface area contributed by atoms with Crippen LogP contribution in [0.4, 0.5) is 17.6 Å². The van der Waals surface area contributed by atoms with E-state index in [1.54, 1.807) is 41.6 Å². The number of hydrogen-bond donors (Lipinski definition) is 1. The van der Waals surface area contributed by atoms with Crippen LogP contribution in [-0.4, -0.2) is 90.5 Å². The Labute approximate surface area is 258 Å². The van der Waals surface area contributed by atoms with Gasteiger partial charge < -0.3 is 19.6 Å². The van der Waals surface area contributed by atoms with Crippen molar-refractivity contribution in [1.82, 2.24) is 24.4 Å². The largest absolute Gasteiger partial charge is 0.417 e. The highest BCUT2D eigenvalue weighted by Crippen LogP contribution is 2.49. The first kappa shape index (κ1) is 31.4. The van der Waals surface area contributed by atoms with Crippen LogP contribution in [-0.2, 0) is 9.53 Å². The lowest BCUT2D eigenvalue weighted by molar-refractivity contribution is -0.297. The zero-order valence-electron chi connectivity index (χ0n) is 25.6. The van der Waals surface area contributed by atoms with E-state index >= 15 is 0 Å². The summed E-state index contributed by atoms with van der Waals surface area (Å²) in [6.45, 7) is 8.09. The Morgan fingerprint density at radius 3 is 2.29 bits per heavy atom. The van der Waals surface area contributed by atoms with Gasteiger partial charge in [-0.25, -0.2) is 13.9 Å². The lowest BCUT2D eigenvalue weighted by Crippen LogP contribution is -2.65. The summed E-state index contributed by atoms with van der Waals surface area (Å²) in [5.74, 6) is -1.98. The molecule has 3 aromatic rings. The molecule has 9 nitrogen and oxygen atoms in total. The minimum Gasteiger partial charge on any atom is -0.380 e. The van der Waals surface area contributed by atoms with Crippen molar-refractivity contribution in [2.75, 3.05) is 19.6 Å². The first-order valence-corrected chi connectivity index (χ1v) is 15.3. The quantitative estimate of drug-likeness (QED) is 0.408. The number of halogens is 4. The number of alkyl halides is 3. The van der Waals surface area contributed by atoms with Gasteiger partial charge >= 0.3 is 6.18 Å². The minimum absolute atomic E-state index is 0.0271. The van der Waals surface area contributed by atoms with Crippen molar-refractivity contribution in [3.8, 4) is 11.3 Å². The van der Waals surface area contributed by atoms with Crippen LogP contribution in [0.1, 0.15) is 75.3 Å². The zero-order valence-corrected chi connectivity index (χ0v) is 25.6. The maximum atomic E-state index is 13.9. The lowest BCUT2D eigenvalue weighted by Gasteiger charge is -2.50. The second kappa shape index (κ2) is 11.0. The van der Waals surface area contributed by atoms with Crippen LogP contribution in [0.25, 0.3) is 16.9 Å². The van der Waals surface area contributed by atoms with Gasteiger partial charge in [0.1, 0.15) is 11.5 Å². The van der Waals surface area contributed by atoms with Gasteiger partial charge in [0.25, 0.3) is 5.91 Å². The number of benzene rings is 1. The molecule has 45 heavy (non-hydrogen) atoms. The fourth-order valence-electron chi connectivity index (χ4n) is 7.10. The SMILES string of the molecule is CC1CC(c2cc(-c3ccc(F)cc3)nn3cc(C(=O)N4CCN(C(=O)C5CC(O)(C(F)(F)F)C5)CC4(C)C)nc23)CC(C)O1. The van der Waals surface area contributed by atoms with Gasteiger partial charge in [0.2, 0.25) is 5.91 Å². The molecule has 6 rings (SSSR count). The predicted octanol–water partition coefficient (Wildman–Crippen LogP) is 4.97. The monoisotopic (exact) mass is 631 g/mol. The molecule has 2 aliphatic heterocycles. The zero-order chi connectivity index (χ0) is 32.5. The number of aliphatic hydroxyl groups is 1. The number of fused-ring (bicyclic) bond motifs is 1. The molecule has 0 bridgehead atoms. The summed E-state index contributed by atoms with van der Waals surface area (Å²) in [6.07, 6.45) is -2.94. The highest BCUT2D eigenvalue weighted by molar-refractivity contribution is 5.94. The fraction of sp³-hybridized carbons (Fsp3) is 0.562. The average molecular weight is 632 g/mol. The molecule has 0 spiro atoms. The number of carbonyl (C=O) groups excluding carboxylic acids is 2.